The van der Waals surface area contributed by atoms with Gasteiger partial charge in [-0.1, -0.05) is 45.9 Å². The third kappa shape index (κ3) is 7.78. The van der Waals surface area contributed by atoms with Gasteiger partial charge in [-0.05, 0) is 68.0 Å². The molecular formula is C37H49N9O4S. The second kappa shape index (κ2) is 15.9. The predicted molar refractivity (Wildman–Crippen MR) is 199 cm³/mol. The molecule has 4 atom stereocenters. The zero-order valence-corrected chi connectivity index (χ0v) is 30.7. The van der Waals surface area contributed by atoms with Gasteiger partial charge in [0.1, 0.15) is 22.7 Å². The molecule has 0 aliphatic carbocycles. The first-order valence-electron chi connectivity index (χ1n) is 17.8. The van der Waals surface area contributed by atoms with Crippen molar-refractivity contribution in [3.8, 4) is 21.1 Å². The van der Waals surface area contributed by atoms with Crippen LogP contribution in [-0.4, -0.2) is 79.3 Å². The van der Waals surface area contributed by atoms with Gasteiger partial charge in [0, 0.05) is 35.7 Å². The van der Waals surface area contributed by atoms with Crippen molar-refractivity contribution in [2.24, 2.45) is 17.6 Å². The first kappa shape index (κ1) is 36.4. The van der Waals surface area contributed by atoms with Crippen LogP contribution in [0.3, 0.4) is 0 Å². The largest absolute Gasteiger partial charge is 0.453 e. The normalized spacial score (nSPS) is 16.7. The summed E-state index contributed by atoms with van der Waals surface area (Å²) >= 11 is 1.58. The lowest BCUT2D eigenvalue weighted by molar-refractivity contribution is -0.135. The molecule has 13 nitrogen and oxygen atoms in total. The summed E-state index contributed by atoms with van der Waals surface area (Å²) in [5.41, 5.74) is 12.1. The molecule has 4 heterocycles. The van der Waals surface area contributed by atoms with Crippen molar-refractivity contribution in [2.75, 3.05) is 20.2 Å². The molecule has 0 spiro atoms. The average Bonchev–Trinajstić information content (AvgIpc) is 3.95. The Morgan fingerprint density at radius 2 is 1.94 bits per heavy atom. The number of aromatic nitrogens is 5. The predicted octanol–water partition coefficient (Wildman–Crippen LogP) is 6.49. The van der Waals surface area contributed by atoms with E-state index in [9.17, 15) is 14.8 Å². The first-order valence-corrected chi connectivity index (χ1v) is 18.6. The van der Waals surface area contributed by atoms with E-state index in [1.165, 1.54) is 7.11 Å². The second-order valence-corrected chi connectivity index (χ2v) is 15.2. The Bertz CT molecular complexity index is 1970. The molecule has 51 heavy (non-hydrogen) atoms. The number of hydrogen-bond acceptors (Lipinski definition) is 10. The SMILES string of the molecule is COC(=O)N[C@H](C(=O)N1CCC[C@H]1c1ncc(-c2cnc(-c3ccc4c(ccc5[nH]c(C(CCCN)C[C@@H](NO)C(C)C)nc54)c3)s2)[nH]1)C(C)C. The Morgan fingerprint density at radius 1 is 1.12 bits per heavy atom. The summed E-state index contributed by atoms with van der Waals surface area (Å²) in [6, 6.07) is 9.59. The van der Waals surface area contributed by atoms with Crippen LogP contribution in [0.5, 0.6) is 0 Å². The number of fused-ring (bicyclic) bond motifs is 3. The van der Waals surface area contributed by atoms with E-state index in [2.05, 4.69) is 69.9 Å². The number of hydroxylamine groups is 1. The molecule has 7 N–H and O–H groups in total. The Morgan fingerprint density at radius 3 is 2.67 bits per heavy atom. The van der Waals surface area contributed by atoms with Gasteiger partial charge in [0.05, 0.1) is 41.0 Å². The van der Waals surface area contributed by atoms with Gasteiger partial charge in [0.15, 0.2) is 0 Å². The fourth-order valence-corrected chi connectivity index (χ4v) is 7.89. The molecule has 0 bridgehead atoms. The van der Waals surface area contributed by atoms with Gasteiger partial charge >= 0.3 is 6.09 Å². The summed E-state index contributed by atoms with van der Waals surface area (Å²) < 4.78 is 4.76. The number of imidazole rings is 2. The summed E-state index contributed by atoms with van der Waals surface area (Å²) in [6.07, 6.45) is 7.18. The lowest BCUT2D eigenvalue weighted by Crippen LogP contribution is -2.51. The summed E-state index contributed by atoms with van der Waals surface area (Å²) in [7, 11) is 1.29. The fourth-order valence-electron chi connectivity index (χ4n) is 7.01. The first-order chi connectivity index (χ1) is 24.6. The number of carbonyl (C=O) groups excluding carboxylic acids is 2. The molecule has 1 unspecified atom stereocenters. The molecule has 1 fully saturated rings. The molecule has 3 aromatic heterocycles. The van der Waals surface area contributed by atoms with Gasteiger partial charge in [-0.3, -0.25) is 4.79 Å². The summed E-state index contributed by atoms with van der Waals surface area (Å²) in [5, 5.41) is 15.5. The van der Waals surface area contributed by atoms with Crippen LogP contribution in [0.15, 0.2) is 42.7 Å². The summed E-state index contributed by atoms with van der Waals surface area (Å²) in [4.78, 5) is 49.8. The quantitative estimate of drug-likeness (QED) is 0.0699. The highest BCUT2D eigenvalue weighted by atomic mass is 32.1. The number of ether oxygens (including phenoxy) is 1. The Hall–Kier alpha value is -4.37. The zero-order valence-electron chi connectivity index (χ0n) is 29.9. The number of H-pyrrole nitrogens is 2. The van der Waals surface area contributed by atoms with Crippen molar-refractivity contribution in [3.63, 3.8) is 0 Å². The minimum absolute atomic E-state index is 0.0437. The minimum atomic E-state index is -0.685. The number of likely N-dealkylation sites (tertiary alicyclic amines) is 1. The zero-order chi connectivity index (χ0) is 36.2. The molecule has 6 rings (SSSR count). The van der Waals surface area contributed by atoms with Crippen LogP contribution in [0.4, 0.5) is 4.79 Å². The topological polar surface area (TPSA) is 187 Å². The number of amides is 2. The number of nitrogens with zero attached hydrogens (tertiary/aromatic N) is 4. The van der Waals surface area contributed by atoms with Gasteiger partial charge in [0.2, 0.25) is 5.91 Å². The number of hydrogen-bond donors (Lipinski definition) is 6. The molecule has 1 aliphatic rings. The van der Waals surface area contributed by atoms with E-state index in [0.29, 0.717) is 13.1 Å². The van der Waals surface area contributed by atoms with E-state index >= 15 is 0 Å². The maximum Gasteiger partial charge on any atom is 0.407 e. The minimum Gasteiger partial charge on any atom is -0.453 e. The molecule has 2 amide bonds. The number of benzene rings is 2. The standard InChI is InChI=1S/C37H49N9O4S/c1-20(2)27(45-49)17-23(8-6-14-38)33-41-26-13-11-22-16-24(10-12-25(22)32(26)43-33)35-40-19-30(51-35)28-18-39-34(42-28)29-9-7-15-46(29)36(47)31(21(3)4)44-37(48)50-5/h10-13,16,18-21,23,27,29,31,45,49H,6-9,14-15,17,38H2,1-5H3,(H,39,42)(H,41,43)(H,44,48)/t23?,27-,29+,31+/m1/s1. The van der Waals surface area contributed by atoms with Crippen molar-refractivity contribution in [3.05, 3.63) is 54.4 Å². The maximum atomic E-state index is 13.6. The van der Waals surface area contributed by atoms with Gasteiger partial charge in [-0.2, -0.15) is 0 Å². The second-order valence-electron chi connectivity index (χ2n) is 14.1. The van der Waals surface area contributed by atoms with Crippen LogP contribution in [0.2, 0.25) is 0 Å². The molecule has 14 heteroatoms. The van der Waals surface area contributed by atoms with Crippen molar-refractivity contribution in [2.45, 2.75) is 83.8 Å². The van der Waals surface area contributed by atoms with Gasteiger partial charge in [-0.15, -0.1) is 11.3 Å². The van der Waals surface area contributed by atoms with Crippen molar-refractivity contribution in [1.82, 2.24) is 40.6 Å². The third-order valence-corrected chi connectivity index (χ3v) is 11.1. The van der Waals surface area contributed by atoms with E-state index in [1.54, 1.807) is 17.5 Å². The van der Waals surface area contributed by atoms with Gasteiger partial charge in [-0.25, -0.2) is 25.2 Å². The average molecular weight is 716 g/mol. The molecule has 272 valence electrons. The smallest absolute Gasteiger partial charge is 0.407 e. The fraction of sp³-hybridized carbons (Fsp3) is 0.486. The lowest BCUT2D eigenvalue weighted by Gasteiger charge is -2.30. The highest BCUT2D eigenvalue weighted by Crippen LogP contribution is 2.37. The molecule has 5 aromatic rings. The summed E-state index contributed by atoms with van der Waals surface area (Å²) in [6.45, 7) is 9.21. The number of rotatable bonds is 14. The summed E-state index contributed by atoms with van der Waals surface area (Å²) in [5.74, 6) is 1.81. The van der Waals surface area contributed by atoms with Gasteiger partial charge < -0.3 is 35.9 Å². The number of thiazole rings is 1. The maximum absolute atomic E-state index is 13.6. The van der Waals surface area contributed by atoms with Crippen LogP contribution in [0.25, 0.3) is 42.9 Å². The van der Waals surface area contributed by atoms with Crippen molar-refractivity contribution < 1.29 is 19.5 Å². The van der Waals surface area contributed by atoms with Crippen LogP contribution in [-0.2, 0) is 9.53 Å². The molecule has 1 aliphatic heterocycles. The number of nitrogens with two attached hydrogens (primary N) is 1. The Labute approximate surface area is 301 Å². The van der Waals surface area contributed by atoms with E-state index in [1.807, 2.05) is 24.9 Å². The van der Waals surface area contributed by atoms with Crippen LogP contribution < -0.4 is 16.5 Å². The highest BCUT2D eigenvalue weighted by molar-refractivity contribution is 7.18. The molecule has 0 saturated carbocycles. The highest BCUT2D eigenvalue weighted by Gasteiger charge is 2.37. The number of nitrogens with one attached hydrogen (secondary N) is 4. The van der Waals surface area contributed by atoms with Gasteiger partial charge in [0.25, 0.3) is 0 Å². The number of alkyl carbamates (subject to hydrolysis) is 1. The van der Waals surface area contributed by atoms with E-state index in [0.717, 1.165) is 86.7 Å². The van der Waals surface area contributed by atoms with E-state index in [-0.39, 0.29) is 35.7 Å². The Kier molecular flexibility index (Phi) is 11.3. The van der Waals surface area contributed by atoms with E-state index < -0.39 is 12.1 Å². The van der Waals surface area contributed by atoms with Crippen molar-refractivity contribution in [1.29, 1.82) is 0 Å². The van der Waals surface area contributed by atoms with Crippen molar-refractivity contribution >= 4 is 45.1 Å². The van der Waals surface area contributed by atoms with Crippen LogP contribution in [0, 0.1) is 11.8 Å². The van der Waals surface area contributed by atoms with Crippen LogP contribution in [0.1, 0.15) is 83.4 Å². The monoisotopic (exact) mass is 715 g/mol. The lowest BCUT2D eigenvalue weighted by atomic mass is 9.89. The van der Waals surface area contributed by atoms with Crippen LogP contribution >= 0.6 is 11.3 Å². The molecular weight excluding hydrogens is 667 g/mol. The number of aromatic amines is 2. The number of methoxy groups -OCH3 is 1. The Balaban J connectivity index is 1.21. The molecule has 0 radical (unpaired) electrons. The van der Waals surface area contributed by atoms with E-state index in [4.69, 9.17) is 20.4 Å². The number of carbonyl (C=O) groups is 2. The molecule has 2 aromatic carbocycles. The molecule has 1 saturated heterocycles. The third-order valence-electron chi connectivity index (χ3n) is 10.00.